The number of anilines is 3. The van der Waals surface area contributed by atoms with Crippen LogP contribution in [0.15, 0.2) is 60.8 Å². The van der Waals surface area contributed by atoms with Crippen LogP contribution >= 0.6 is 0 Å². The molecule has 1 saturated heterocycles. The first-order chi connectivity index (χ1) is 16.1. The highest BCUT2D eigenvalue weighted by molar-refractivity contribution is 6.04. The van der Waals surface area contributed by atoms with E-state index in [0.29, 0.717) is 23.1 Å². The lowest BCUT2D eigenvalue weighted by molar-refractivity contribution is 0.0536. The van der Waals surface area contributed by atoms with Crippen molar-refractivity contribution >= 4 is 23.4 Å². The predicted molar refractivity (Wildman–Crippen MR) is 125 cm³/mol. The van der Waals surface area contributed by atoms with Crippen molar-refractivity contribution in [2.75, 3.05) is 41.4 Å². The van der Waals surface area contributed by atoms with Crippen molar-refractivity contribution in [3.05, 3.63) is 60.8 Å². The Balaban J connectivity index is 1.45. The molecule has 1 aromatic carbocycles. The lowest BCUT2D eigenvalue weighted by Gasteiger charge is -2.35. The largest absolute Gasteiger partial charge is 0.491 e. The minimum atomic E-state index is -0.939. The Morgan fingerprint density at radius 3 is 2.94 bits per heavy atom. The Bertz CT molecular complexity index is 1140. The monoisotopic (exact) mass is 447 g/mol. The number of rotatable bonds is 6. The van der Waals surface area contributed by atoms with Gasteiger partial charge in [0, 0.05) is 24.8 Å². The number of nitrogens with zero attached hydrogens (tertiary/aromatic N) is 4. The fourth-order valence-corrected chi connectivity index (χ4v) is 4.23. The summed E-state index contributed by atoms with van der Waals surface area (Å²) in [6, 6.07) is 16.5. The van der Waals surface area contributed by atoms with E-state index in [-0.39, 0.29) is 25.3 Å². The van der Waals surface area contributed by atoms with Crippen LogP contribution in [0.4, 0.5) is 22.1 Å². The molecule has 3 aromatic rings. The smallest absolute Gasteiger partial charge is 0.329 e. The van der Waals surface area contributed by atoms with Gasteiger partial charge in [-0.15, -0.1) is 0 Å². The van der Waals surface area contributed by atoms with Gasteiger partial charge in [-0.2, -0.15) is 0 Å². The number of pyridine rings is 2. The summed E-state index contributed by atoms with van der Waals surface area (Å²) in [6.07, 6.45) is 1.58. The minimum Gasteiger partial charge on any atom is -0.491 e. The molecule has 0 spiro atoms. The maximum Gasteiger partial charge on any atom is 0.329 e. The Hall–Kier alpha value is -3.69. The molecule has 0 radical (unpaired) electrons. The zero-order valence-corrected chi connectivity index (χ0v) is 18.0. The van der Waals surface area contributed by atoms with Gasteiger partial charge >= 0.3 is 6.03 Å². The van der Waals surface area contributed by atoms with Crippen molar-refractivity contribution in [2.45, 2.75) is 18.6 Å². The van der Waals surface area contributed by atoms with Crippen LogP contribution in [0.1, 0.15) is 6.42 Å². The van der Waals surface area contributed by atoms with Gasteiger partial charge in [-0.25, -0.2) is 14.8 Å². The molecule has 0 unspecified atom stereocenters. The molecule has 2 aliphatic rings. The number of urea groups is 1. The van der Waals surface area contributed by atoms with E-state index in [0.717, 1.165) is 30.8 Å². The topological polar surface area (TPSA) is 111 Å². The van der Waals surface area contributed by atoms with Crippen molar-refractivity contribution in [3.8, 4) is 17.0 Å². The molecule has 2 aromatic heterocycles. The van der Waals surface area contributed by atoms with E-state index in [9.17, 15) is 9.90 Å². The number of ether oxygens (including phenoxy) is 1. The summed E-state index contributed by atoms with van der Waals surface area (Å²) in [6.45, 7) is 1.29. The molecule has 33 heavy (non-hydrogen) atoms. The summed E-state index contributed by atoms with van der Waals surface area (Å²) in [5.74, 6) is 1.68. The van der Waals surface area contributed by atoms with Crippen LogP contribution in [-0.4, -0.2) is 64.7 Å². The number of carbonyl (C=O) groups excluding carboxylic acids is 1. The van der Waals surface area contributed by atoms with Gasteiger partial charge in [0.15, 0.2) is 5.82 Å². The summed E-state index contributed by atoms with van der Waals surface area (Å²) in [7, 11) is 0. The highest BCUT2D eigenvalue weighted by Gasteiger charge is 2.40. The van der Waals surface area contributed by atoms with Crippen LogP contribution in [0.5, 0.6) is 5.75 Å². The van der Waals surface area contributed by atoms with Gasteiger partial charge in [0.2, 0.25) is 0 Å². The second kappa shape index (κ2) is 9.05. The number of fused-ring (bicyclic) bond motifs is 4. The van der Waals surface area contributed by atoms with E-state index in [1.807, 2.05) is 36.4 Å². The van der Waals surface area contributed by atoms with Gasteiger partial charge in [0.1, 0.15) is 24.3 Å². The lowest BCUT2D eigenvalue weighted by atomic mass is 10.1. The minimum absolute atomic E-state index is 0.00429. The molecule has 9 nitrogen and oxygen atoms in total. The third kappa shape index (κ3) is 4.33. The molecule has 1 fully saturated rings. The van der Waals surface area contributed by atoms with Crippen LogP contribution in [0, 0.1) is 0 Å². The van der Waals surface area contributed by atoms with Crippen molar-refractivity contribution in [1.82, 2.24) is 9.97 Å². The number of hydrogen-bond acceptors (Lipinski definition) is 7. The van der Waals surface area contributed by atoms with Crippen molar-refractivity contribution in [1.29, 1.82) is 0 Å². The molecule has 0 saturated carbocycles. The molecule has 2 amide bonds. The van der Waals surface area contributed by atoms with Gasteiger partial charge in [-0.05, 0) is 42.8 Å². The number of hydrogen-bond donors (Lipinski definition) is 3. The molecule has 170 valence electrons. The average Bonchev–Trinajstić information content (AvgIpc) is 3.27. The number of benzene rings is 1. The molecule has 4 heterocycles. The van der Waals surface area contributed by atoms with Crippen LogP contribution in [0.3, 0.4) is 0 Å². The van der Waals surface area contributed by atoms with Crippen LogP contribution in [0.2, 0.25) is 0 Å². The molecular formula is C24H25N5O4. The van der Waals surface area contributed by atoms with Crippen molar-refractivity contribution in [2.24, 2.45) is 0 Å². The molecule has 2 aliphatic heterocycles. The van der Waals surface area contributed by atoms with E-state index in [2.05, 4.69) is 15.2 Å². The highest BCUT2D eigenvalue weighted by Crippen LogP contribution is 2.40. The summed E-state index contributed by atoms with van der Waals surface area (Å²) in [5.41, 5.74) is 2.47. The molecule has 2 bridgehead atoms. The lowest BCUT2D eigenvalue weighted by Crippen LogP contribution is -2.48. The number of nitrogens with one attached hydrogen (secondary N) is 1. The van der Waals surface area contributed by atoms with Gasteiger partial charge in [-0.3, -0.25) is 10.2 Å². The SMILES string of the molecule is O=C(Nc1ccccn1)N1c2nc(-c3cccc(OC[C@@H](O)CO)c3)ccc2N2CC[C@H]1C2. The van der Waals surface area contributed by atoms with Crippen molar-refractivity contribution in [3.63, 3.8) is 0 Å². The molecule has 2 atom stereocenters. The zero-order chi connectivity index (χ0) is 22.8. The van der Waals surface area contributed by atoms with Crippen LogP contribution < -0.4 is 19.9 Å². The van der Waals surface area contributed by atoms with E-state index >= 15 is 0 Å². The molecular weight excluding hydrogens is 422 g/mol. The Morgan fingerprint density at radius 1 is 1.21 bits per heavy atom. The van der Waals surface area contributed by atoms with Gasteiger partial charge < -0.3 is 19.8 Å². The first kappa shape index (κ1) is 21.2. The van der Waals surface area contributed by atoms with Gasteiger partial charge in [0.05, 0.1) is 24.0 Å². The van der Waals surface area contributed by atoms with Crippen LogP contribution in [-0.2, 0) is 0 Å². The third-order valence-corrected chi connectivity index (χ3v) is 5.85. The van der Waals surface area contributed by atoms with Crippen LogP contribution in [0.25, 0.3) is 11.3 Å². The van der Waals surface area contributed by atoms with E-state index < -0.39 is 6.10 Å². The van der Waals surface area contributed by atoms with E-state index in [1.165, 1.54) is 0 Å². The highest BCUT2D eigenvalue weighted by atomic mass is 16.5. The second-order valence-corrected chi connectivity index (χ2v) is 8.12. The standard InChI is InChI=1S/C24H25N5O4/c30-14-18(31)15-33-19-5-3-4-16(12-19)20-7-8-21-23(26-20)29(17-9-11-28(21)13-17)24(32)27-22-6-1-2-10-25-22/h1-8,10,12,17-18,30-31H,9,11,13-15H2,(H,25,27,32)/t17-,18-/m0/s1. The maximum atomic E-state index is 13.2. The van der Waals surface area contributed by atoms with Crippen molar-refractivity contribution < 1.29 is 19.7 Å². The fourth-order valence-electron chi connectivity index (χ4n) is 4.23. The van der Waals surface area contributed by atoms with Gasteiger partial charge in [0.25, 0.3) is 0 Å². The predicted octanol–water partition coefficient (Wildman–Crippen LogP) is 2.51. The van der Waals surface area contributed by atoms with E-state index in [1.54, 1.807) is 29.3 Å². The first-order valence-corrected chi connectivity index (χ1v) is 10.9. The Kier molecular flexibility index (Phi) is 5.80. The molecule has 0 aliphatic carbocycles. The number of amides is 2. The molecule has 5 rings (SSSR count). The number of aromatic nitrogens is 2. The van der Waals surface area contributed by atoms with E-state index in [4.69, 9.17) is 14.8 Å². The average molecular weight is 447 g/mol. The maximum absolute atomic E-state index is 13.2. The number of aliphatic hydroxyl groups is 2. The number of aliphatic hydroxyl groups excluding tert-OH is 2. The Morgan fingerprint density at radius 2 is 2.12 bits per heavy atom. The first-order valence-electron chi connectivity index (χ1n) is 10.9. The normalized spacial score (nSPS) is 17.5. The fraction of sp³-hybridized carbons (Fsp3) is 0.292. The second-order valence-electron chi connectivity index (χ2n) is 8.12. The number of carbonyl (C=O) groups is 1. The summed E-state index contributed by atoms with van der Waals surface area (Å²) >= 11 is 0. The summed E-state index contributed by atoms with van der Waals surface area (Å²) < 4.78 is 5.58. The molecule has 3 N–H and O–H groups in total. The molecule has 9 heteroatoms. The quantitative estimate of drug-likeness (QED) is 0.532. The third-order valence-electron chi connectivity index (χ3n) is 5.85. The zero-order valence-electron chi connectivity index (χ0n) is 18.0. The Labute approximate surface area is 191 Å². The summed E-state index contributed by atoms with van der Waals surface area (Å²) in [5, 5.41) is 21.4. The summed E-state index contributed by atoms with van der Waals surface area (Å²) in [4.78, 5) is 26.3. The van der Waals surface area contributed by atoms with Gasteiger partial charge in [-0.1, -0.05) is 18.2 Å².